The SMILES string of the molecule is CCn1cc(Cn2cc3c(c2)C(NC)CCCC3)cn1. The highest BCUT2D eigenvalue weighted by molar-refractivity contribution is 5.29. The van der Waals surface area contributed by atoms with Crippen LogP contribution in [0.5, 0.6) is 0 Å². The van der Waals surface area contributed by atoms with Crippen LogP contribution in [0.2, 0.25) is 0 Å². The van der Waals surface area contributed by atoms with Crippen molar-refractivity contribution in [2.75, 3.05) is 7.05 Å². The maximum absolute atomic E-state index is 4.35. The number of hydrogen-bond acceptors (Lipinski definition) is 2. The van der Waals surface area contributed by atoms with Crippen LogP contribution in [0.3, 0.4) is 0 Å². The van der Waals surface area contributed by atoms with Crippen molar-refractivity contribution in [3.63, 3.8) is 0 Å². The number of hydrogen-bond donors (Lipinski definition) is 1. The van der Waals surface area contributed by atoms with Gasteiger partial charge >= 0.3 is 0 Å². The van der Waals surface area contributed by atoms with E-state index in [1.165, 1.54) is 42.4 Å². The van der Waals surface area contributed by atoms with Crippen LogP contribution in [0.4, 0.5) is 0 Å². The molecule has 0 saturated heterocycles. The second kappa shape index (κ2) is 5.83. The van der Waals surface area contributed by atoms with Crippen molar-refractivity contribution >= 4 is 0 Å². The molecule has 0 bridgehead atoms. The summed E-state index contributed by atoms with van der Waals surface area (Å²) < 4.78 is 4.30. The Balaban J connectivity index is 1.81. The molecule has 1 unspecified atom stereocenters. The first-order chi connectivity index (χ1) is 9.80. The molecule has 0 fully saturated rings. The van der Waals surface area contributed by atoms with Crippen molar-refractivity contribution in [3.8, 4) is 0 Å². The van der Waals surface area contributed by atoms with Gasteiger partial charge < -0.3 is 9.88 Å². The molecule has 2 aromatic heterocycles. The minimum Gasteiger partial charge on any atom is -0.349 e. The summed E-state index contributed by atoms with van der Waals surface area (Å²) in [5, 5.41) is 7.81. The Morgan fingerprint density at radius 1 is 1.30 bits per heavy atom. The van der Waals surface area contributed by atoms with Crippen LogP contribution in [0.25, 0.3) is 0 Å². The summed E-state index contributed by atoms with van der Waals surface area (Å²) in [6.45, 7) is 3.97. The first kappa shape index (κ1) is 13.4. The molecule has 20 heavy (non-hydrogen) atoms. The molecule has 4 nitrogen and oxygen atoms in total. The summed E-state index contributed by atoms with van der Waals surface area (Å²) >= 11 is 0. The predicted molar refractivity (Wildman–Crippen MR) is 80.8 cm³/mol. The average Bonchev–Trinajstić information content (AvgIpc) is 3.02. The number of aryl methyl sites for hydroxylation is 2. The van der Waals surface area contributed by atoms with E-state index >= 15 is 0 Å². The Kier molecular flexibility index (Phi) is 3.92. The molecule has 0 spiro atoms. The van der Waals surface area contributed by atoms with Crippen LogP contribution in [0.1, 0.15) is 48.9 Å². The fraction of sp³-hybridized carbons (Fsp3) is 0.562. The first-order valence-electron chi connectivity index (χ1n) is 7.67. The number of rotatable bonds is 4. The van der Waals surface area contributed by atoms with Gasteiger partial charge in [0.15, 0.2) is 0 Å². The Labute approximate surface area is 120 Å². The zero-order valence-corrected chi connectivity index (χ0v) is 12.5. The number of fused-ring (bicyclic) bond motifs is 1. The van der Waals surface area contributed by atoms with Crippen molar-refractivity contribution in [3.05, 3.63) is 41.5 Å². The fourth-order valence-electron chi connectivity index (χ4n) is 3.18. The monoisotopic (exact) mass is 272 g/mol. The number of nitrogens with one attached hydrogen (secondary N) is 1. The molecule has 2 heterocycles. The average molecular weight is 272 g/mol. The zero-order chi connectivity index (χ0) is 13.9. The summed E-state index contributed by atoms with van der Waals surface area (Å²) in [4.78, 5) is 0. The van der Waals surface area contributed by atoms with Crippen molar-refractivity contribution in [1.29, 1.82) is 0 Å². The van der Waals surface area contributed by atoms with Gasteiger partial charge in [-0.2, -0.15) is 5.10 Å². The molecule has 2 aromatic rings. The van der Waals surface area contributed by atoms with Gasteiger partial charge in [0.1, 0.15) is 0 Å². The Morgan fingerprint density at radius 2 is 2.20 bits per heavy atom. The lowest BCUT2D eigenvalue weighted by atomic mass is 10.1. The van der Waals surface area contributed by atoms with E-state index in [0.717, 1.165) is 13.1 Å². The van der Waals surface area contributed by atoms with E-state index < -0.39 is 0 Å². The molecule has 4 heteroatoms. The molecule has 0 saturated carbocycles. The molecular weight excluding hydrogens is 248 g/mol. The third-order valence-corrected chi connectivity index (χ3v) is 4.29. The van der Waals surface area contributed by atoms with Crippen molar-refractivity contribution in [2.45, 2.75) is 51.7 Å². The third kappa shape index (κ3) is 2.66. The Bertz CT molecular complexity index is 567. The molecule has 1 aliphatic rings. The van der Waals surface area contributed by atoms with Gasteiger partial charge in [0.25, 0.3) is 0 Å². The summed E-state index contributed by atoms with van der Waals surface area (Å²) in [7, 11) is 2.07. The summed E-state index contributed by atoms with van der Waals surface area (Å²) in [6.07, 6.45) is 13.9. The normalized spacial score (nSPS) is 18.8. The highest BCUT2D eigenvalue weighted by Gasteiger charge is 2.19. The zero-order valence-electron chi connectivity index (χ0n) is 12.5. The molecule has 0 radical (unpaired) electrons. The molecule has 1 aliphatic carbocycles. The highest BCUT2D eigenvalue weighted by atomic mass is 15.3. The van der Waals surface area contributed by atoms with Gasteiger partial charge in [0.2, 0.25) is 0 Å². The first-order valence-corrected chi connectivity index (χ1v) is 7.67. The van der Waals surface area contributed by atoms with E-state index in [1.54, 1.807) is 0 Å². The fourth-order valence-corrected chi connectivity index (χ4v) is 3.18. The maximum Gasteiger partial charge on any atom is 0.0539 e. The minimum absolute atomic E-state index is 0.520. The van der Waals surface area contributed by atoms with E-state index in [1.807, 2.05) is 10.9 Å². The largest absolute Gasteiger partial charge is 0.349 e. The lowest BCUT2D eigenvalue weighted by molar-refractivity contribution is 0.531. The summed E-state index contributed by atoms with van der Waals surface area (Å²) in [5.74, 6) is 0. The molecular formula is C16H24N4. The second-order valence-electron chi connectivity index (χ2n) is 5.70. The van der Waals surface area contributed by atoms with Gasteiger partial charge in [-0.3, -0.25) is 4.68 Å². The molecule has 1 atom stereocenters. The van der Waals surface area contributed by atoms with Crippen LogP contribution in [-0.2, 0) is 19.5 Å². The van der Waals surface area contributed by atoms with E-state index in [2.05, 4.69) is 47.5 Å². The molecule has 0 aliphatic heterocycles. The van der Waals surface area contributed by atoms with Gasteiger partial charge in [-0.1, -0.05) is 6.42 Å². The van der Waals surface area contributed by atoms with Crippen molar-refractivity contribution in [1.82, 2.24) is 19.7 Å². The Morgan fingerprint density at radius 3 is 2.95 bits per heavy atom. The molecule has 3 rings (SSSR count). The Hall–Kier alpha value is -1.55. The summed E-state index contributed by atoms with van der Waals surface area (Å²) in [5.41, 5.74) is 4.29. The van der Waals surface area contributed by atoms with Gasteiger partial charge in [-0.05, 0) is 44.4 Å². The molecule has 0 amide bonds. The maximum atomic E-state index is 4.35. The smallest absolute Gasteiger partial charge is 0.0539 e. The van der Waals surface area contributed by atoms with Gasteiger partial charge in [-0.25, -0.2) is 0 Å². The molecule has 0 aromatic carbocycles. The number of aromatic nitrogens is 3. The van der Waals surface area contributed by atoms with Crippen LogP contribution in [-0.4, -0.2) is 21.4 Å². The van der Waals surface area contributed by atoms with E-state index in [-0.39, 0.29) is 0 Å². The highest BCUT2D eigenvalue weighted by Crippen LogP contribution is 2.29. The second-order valence-corrected chi connectivity index (χ2v) is 5.70. The number of nitrogens with zero attached hydrogens (tertiary/aromatic N) is 3. The molecule has 108 valence electrons. The van der Waals surface area contributed by atoms with Gasteiger partial charge in [-0.15, -0.1) is 0 Å². The quantitative estimate of drug-likeness (QED) is 0.869. The van der Waals surface area contributed by atoms with Crippen LogP contribution in [0, 0.1) is 0 Å². The minimum atomic E-state index is 0.520. The van der Waals surface area contributed by atoms with E-state index in [4.69, 9.17) is 0 Å². The lowest BCUT2D eigenvalue weighted by Crippen LogP contribution is -2.15. The van der Waals surface area contributed by atoms with Gasteiger partial charge in [0, 0.05) is 36.7 Å². The van der Waals surface area contributed by atoms with Gasteiger partial charge in [0.05, 0.1) is 12.7 Å². The van der Waals surface area contributed by atoms with E-state index in [0.29, 0.717) is 6.04 Å². The molecule has 1 N–H and O–H groups in total. The lowest BCUT2D eigenvalue weighted by Gasteiger charge is -2.13. The van der Waals surface area contributed by atoms with E-state index in [9.17, 15) is 0 Å². The van der Waals surface area contributed by atoms with Crippen molar-refractivity contribution < 1.29 is 0 Å². The van der Waals surface area contributed by atoms with Crippen LogP contribution >= 0.6 is 0 Å². The third-order valence-electron chi connectivity index (χ3n) is 4.29. The van der Waals surface area contributed by atoms with Crippen LogP contribution < -0.4 is 5.32 Å². The topological polar surface area (TPSA) is 34.8 Å². The van der Waals surface area contributed by atoms with Crippen LogP contribution in [0.15, 0.2) is 24.8 Å². The van der Waals surface area contributed by atoms with Crippen molar-refractivity contribution in [2.24, 2.45) is 0 Å². The standard InChI is InChI=1S/C16H24N4/c1-3-20-10-13(8-18-20)9-19-11-14-6-4-5-7-16(17-2)15(14)12-19/h8,10-12,16-17H,3-7,9H2,1-2H3. The predicted octanol–water partition coefficient (Wildman–Crippen LogP) is 2.74. The summed E-state index contributed by atoms with van der Waals surface area (Å²) in [6, 6.07) is 0.520.